The molecule has 0 aliphatic heterocycles. The maximum atomic E-state index is 11.1. The van der Waals surface area contributed by atoms with Crippen molar-refractivity contribution in [3.8, 4) is 0 Å². The topological polar surface area (TPSA) is 86.2 Å². The van der Waals surface area contributed by atoms with Gasteiger partial charge in [0.2, 0.25) is 0 Å². The van der Waals surface area contributed by atoms with E-state index in [-0.39, 0.29) is 24.3 Å². The molecule has 0 saturated carbocycles. The van der Waals surface area contributed by atoms with Gasteiger partial charge >= 0.3 is 94.0 Å². The van der Waals surface area contributed by atoms with E-state index in [2.05, 4.69) is 14.2 Å². The number of primary amides is 2. The fourth-order valence-electron chi connectivity index (χ4n) is 1.07. The van der Waals surface area contributed by atoms with Crippen molar-refractivity contribution in [2.24, 2.45) is 11.5 Å². The Hall–Kier alpha value is -0.801. The molecule has 1 aromatic rings. The molecule has 4 N–H and O–H groups in total. The van der Waals surface area contributed by atoms with Crippen LogP contribution >= 0.6 is 0 Å². The van der Waals surface area contributed by atoms with Gasteiger partial charge in [0.05, 0.1) is 0 Å². The number of carbonyl (C=O) groups excluding carboxylic acids is 2. The molecule has 0 saturated heterocycles. The second kappa shape index (κ2) is 4.62. The van der Waals surface area contributed by atoms with Crippen molar-refractivity contribution in [1.82, 2.24) is 0 Å². The Balaban J connectivity index is 3.43. The molecular formula is C8H8N2O2Se2. The molecule has 1 rings (SSSR count). The summed E-state index contributed by atoms with van der Waals surface area (Å²) < 4.78 is 0.779. The number of benzene rings is 1. The summed E-state index contributed by atoms with van der Waals surface area (Å²) in [6.07, 6.45) is 0. The van der Waals surface area contributed by atoms with Crippen LogP contribution in [0.25, 0.3) is 0 Å². The van der Waals surface area contributed by atoms with Gasteiger partial charge < -0.3 is 0 Å². The van der Waals surface area contributed by atoms with Crippen LogP contribution in [0, 0.1) is 0 Å². The minimum absolute atomic E-state index is 0.0445. The Kier molecular flexibility index (Phi) is 3.72. The van der Waals surface area contributed by atoms with Gasteiger partial charge in [0.25, 0.3) is 0 Å². The first-order chi connectivity index (χ1) is 6.57. The zero-order valence-electron chi connectivity index (χ0n) is 7.06. The van der Waals surface area contributed by atoms with Crippen molar-refractivity contribution in [2.75, 3.05) is 0 Å². The van der Waals surface area contributed by atoms with E-state index in [1.165, 1.54) is 6.07 Å². The van der Waals surface area contributed by atoms with E-state index in [4.69, 9.17) is 11.5 Å². The molecule has 0 atom stereocenters. The number of hydrogen-bond acceptors (Lipinski definition) is 2. The third kappa shape index (κ3) is 2.16. The predicted octanol–water partition coefficient (Wildman–Crippen LogP) is -1.97. The van der Waals surface area contributed by atoms with Crippen LogP contribution in [0.5, 0.6) is 0 Å². The molecule has 4 nitrogen and oxygen atoms in total. The molecule has 0 radical (unpaired) electrons. The quantitative estimate of drug-likeness (QED) is 0.633. The summed E-state index contributed by atoms with van der Waals surface area (Å²) in [6, 6.07) is 4.96. The van der Waals surface area contributed by atoms with Crippen molar-refractivity contribution >= 4 is 43.6 Å². The van der Waals surface area contributed by atoms with E-state index in [1.54, 1.807) is 12.1 Å². The normalized spacial score (nSPS) is 9.79. The van der Waals surface area contributed by atoms with Crippen LogP contribution in [0.15, 0.2) is 18.2 Å². The fraction of sp³-hybridized carbons (Fsp3) is 0. The van der Waals surface area contributed by atoms with Crippen LogP contribution in [-0.2, 0) is 0 Å². The fourth-order valence-corrected chi connectivity index (χ4v) is 3.65. The molecule has 0 spiro atoms. The number of amides is 2. The Morgan fingerprint density at radius 1 is 1.21 bits per heavy atom. The summed E-state index contributed by atoms with van der Waals surface area (Å²) in [5.74, 6) is -1.24. The summed E-state index contributed by atoms with van der Waals surface area (Å²) in [6.45, 7) is 0. The van der Waals surface area contributed by atoms with Crippen molar-refractivity contribution in [1.29, 1.82) is 0 Å². The zero-order chi connectivity index (χ0) is 10.7. The van der Waals surface area contributed by atoms with Gasteiger partial charge in [0, 0.05) is 0 Å². The van der Waals surface area contributed by atoms with Crippen LogP contribution in [0.3, 0.4) is 0 Å². The Bertz CT molecular complexity index is 393. The molecule has 0 unspecified atom stereocenters. The van der Waals surface area contributed by atoms with E-state index in [9.17, 15) is 9.59 Å². The molecule has 1 aromatic carbocycles. The summed E-state index contributed by atoms with van der Waals surface area (Å²) in [4.78, 5) is 22.1. The van der Waals surface area contributed by atoms with Crippen LogP contribution < -0.4 is 15.9 Å². The number of nitrogens with two attached hydrogens (primary N) is 2. The van der Waals surface area contributed by atoms with Gasteiger partial charge in [-0.3, -0.25) is 0 Å². The van der Waals surface area contributed by atoms with Gasteiger partial charge in [-0.2, -0.15) is 0 Å². The summed E-state index contributed by atoms with van der Waals surface area (Å²) >= 11 is 2.43. The molecule has 0 bridgehead atoms. The standard InChI is InChI=1S/C8H8N2O2Se2/c9-7(11)4-2-1-3-5(14-13)6(4)8(10)12/h1-3,13H,(H2,9,11)(H2,10,12). The van der Waals surface area contributed by atoms with Gasteiger partial charge in [-0.15, -0.1) is 0 Å². The van der Waals surface area contributed by atoms with Crippen molar-refractivity contribution < 1.29 is 9.59 Å². The van der Waals surface area contributed by atoms with Gasteiger partial charge in [-0.05, 0) is 0 Å². The maximum absolute atomic E-state index is 11.1. The Morgan fingerprint density at radius 3 is 2.29 bits per heavy atom. The number of rotatable bonds is 3. The second-order valence-electron chi connectivity index (χ2n) is 2.50. The first-order valence-electron chi connectivity index (χ1n) is 3.62. The molecule has 0 heterocycles. The van der Waals surface area contributed by atoms with Crippen LogP contribution in [0.2, 0.25) is 0 Å². The van der Waals surface area contributed by atoms with Crippen LogP contribution in [0.4, 0.5) is 0 Å². The predicted molar refractivity (Wildman–Crippen MR) is 56.0 cm³/mol. The molecule has 74 valence electrons. The van der Waals surface area contributed by atoms with Crippen molar-refractivity contribution in [2.45, 2.75) is 0 Å². The monoisotopic (exact) mass is 324 g/mol. The molecule has 14 heavy (non-hydrogen) atoms. The zero-order valence-corrected chi connectivity index (χ0v) is 10.6. The molecule has 0 aliphatic carbocycles. The molecule has 6 heteroatoms. The third-order valence-electron chi connectivity index (χ3n) is 1.64. The number of carbonyl (C=O) groups is 2. The van der Waals surface area contributed by atoms with E-state index >= 15 is 0 Å². The van der Waals surface area contributed by atoms with Gasteiger partial charge in [0.1, 0.15) is 0 Å². The van der Waals surface area contributed by atoms with Gasteiger partial charge in [-0.1, -0.05) is 0 Å². The first kappa shape index (κ1) is 11.3. The van der Waals surface area contributed by atoms with Crippen LogP contribution in [0.1, 0.15) is 20.7 Å². The second-order valence-corrected chi connectivity index (χ2v) is 5.79. The average Bonchev–Trinajstić information content (AvgIpc) is 2.16. The summed E-state index contributed by atoms with van der Waals surface area (Å²) in [7, 11) is 0. The SMILES string of the molecule is NC(=O)c1cccc([Se][SeH])c1C(N)=O. The van der Waals surface area contributed by atoms with E-state index in [0.29, 0.717) is 0 Å². The molecule has 0 aromatic heterocycles. The third-order valence-corrected chi connectivity index (χ3v) is 4.91. The van der Waals surface area contributed by atoms with Gasteiger partial charge in [-0.25, -0.2) is 0 Å². The molecule has 2 amide bonds. The van der Waals surface area contributed by atoms with Gasteiger partial charge in [0.15, 0.2) is 0 Å². The molecule has 0 aliphatic rings. The average molecular weight is 322 g/mol. The minimum atomic E-state index is -0.627. The van der Waals surface area contributed by atoms with E-state index in [1.807, 2.05) is 0 Å². The molecule has 0 fully saturated rings. The van der Waals surface area contributed by atoms with Crippen molar-refractivity contribution in [3.63, 3.8) is 0 Å². The van der Waals surface area contributed by atoms with E-state index in [0.717, 1.165) is 4.46 Å². The summed E-state index contributed by atoms with van der Waals surface area (Å²) in [5.41, 5.74) is 10.8. The molecular weight excluding hydrogens is 314 g/mol. The van der Waals surface area contributed by atoms with Crippen molar-refractivity contribution in [3.05, 3.63) is 29.3 Å². The van der Waals surface area contributed by atoms with E-state index < -0.39 is 11.8 Å². The van der Waals surface area contributed by atoms with Crippen LogP contribution in [-0.4, -0.2) is 39.1 Å². The Morgan fingerprint density at radius 2 is 1.86 bits per heavy atom. The summed E-state index contributed by atoms with van der Waals surface area (Å²) in [5, 5.41) is 0. The number of hydrogen-bond donors (Lipinski definition) is 2. The Labute approximate surface area is 93.9 Å². The first-order valence-corrected chi connectivity index (χ1v) is 9.22.